The first-order valence-corrected chi connectivity index (χ1v) is 13.3. The molecule has 2 aromatic rings. The van der Waals surface area contributed by atoms with Crippen molar-refractivity contribution in [1.29, 1.82) is 0 Å². The Balaban J connectivity index is 1.43. The van der Waals surface area contributed by atoms with Crippen molar-refractivity contribution < 1.29 is 24.2 Å². The third-order valence-corrected chi connectivity index (χ3v) is 8.42. The number of halogens is 2. The molecular weight excluding hydrogens is 550 g/mol. The van der Waals surface area contributed by atoms with Crippen LogP contribution in [0.2, 0.25) is 5.02 Å². The Hall–Kier alpha value is -2.46. The topological polar surface area (TPSA) is 108 Å². The second-order valence-electron chi connectivity index (χ2n) is 9.47. The number of rotatable bonds is 8. The number of fused-ring (bicyclic) bond motifs is 1. The summed E-state index contributed by atoms with van der Waals surface area (Å²) in [6, 6.07) is 15.3. The van der Waals surface area contributed by atoms with Gasteiger partial charge in [-0.25, -0.2) is 0 Å². The maximum absolute atomic E-state index is 13.8. The number of amides is 3. The number of nitrogens with one attached hydrogen (secondary N) is 2. The first-order chi connectivity index (χ1) is 17.4. The lowest BCUT2D eigenvalue weighted by molar-refractivity contribution is -0.141. The predicted molar refractivity (Wildman–Crippen MR) is 137 cm³/mol. The van der Waals surface area contributed by atoms with Crippen LogP contribution in [0, 0.1) is 11.8 Å². The molecule has 3 saturated heterocycles. The Labute approximate surface area is 222 Å². The largest absolute Gasteiger partial charge is 0.396 e. The van der Waals surface area contributed by atoms with Gasteiger partial charge in [-0.05, 0) is 42.7 Å². The molecule has 3 unspecified atom stereocenters. The van der Waals surface area contributed by atoms with Crippen molar-refractivity contribution in [1.82, 2.24) is 10.2 Å². The van der Waals surface area contributed by atoms with E-state index in [9.17, 15) is 19.5 Å². The van der Waals surface area contributed by atoms with E-state index in [1.54, 1.807) is 24.3 Å². The van der Waals surface area contributed by atoms with Crippen LogP contribution in [0.15, 0.2) is 54.6 Å². The van der Waals surface area contributed by atoms with Gasteiger partial charge in [-0.2, -0.15) is 0 Å². The summed E-state index contributed by atoms with van der Waals surface area (Å²) >= 11 is 9.63. The van der Waals surface area contributed by atoms with Crippen LogP contribution in [0.4, 0.5) is 5.69 Å². The molecule has 0 saturated carbocycles. The maximum atomic E-state index is 13.8. The van der Waals surface area contributed by atoms with Crippen molar-refractivity contribution in [2.24, 2.45) is 11.8 Å². The van der Waals surface area contributed by atoms with Gasteiger partial charge >= 0.3 is 0 Å². The van der Waals surface area contributed by atoms with Crippen LogP contribution < -0.4 is 10.6 Å². The first-order valence-electron chi connectivity index (χ1n) is 12.0. The molecule has 0 aromatic heterocycles. The number of carbonyl (C=O) groups is 3. The van der Waals surface area contributed by atoms with E-state index >= 15 is 0 Å². The summed E-state index contributed by atoms with van der Waals surface area (Å²) in [6.45, 7) is 0.391. The second kappa shape index (κ2) is 10.1. The molecule has 3 amide bonds. The Kier molecular flexibility index (Phi) is 7.09. The number of alkyl halides is 1. The molecule has 3 fully saturated rings. The van der Waals surface area contributed by atoms with Gasteiger partial charge in [0.1, 0.15) is 11.6 Å². The Bertz CT molecular complexity index is 1150. The maximum Gasteiger partial charge on any atom is 0.250 e. The van der Waals surface area contributed by atoms with Crippen LogP contribution >= 0.6 is 27.5 Å². The number of ether oxygens (including phenoxy) is 1. The van der Waals surface area contributed by atoms with Crippen molar-refractivity contribution in [3.63, 3.8) is 0 Å². The lowest BCUT2D eigenvalue weighted by Crippen LogP contribution is -2.54. The number of hydrogen-bond acceptors (Lipinski definition) is 5. The molecule has 3 aliphatic rings. The average molecular weight is 577 g/mol. The summed E-state index contributed by atoms with van der Waals surface area (Å²) in [6.07, 6.45) is 0.205. The number of benzene rings is 2. The highest BCUT2D eigenvalue weighted by Gasteiger charge is 2.76. The third-order valence-electron chi connectivity index (χ3n) is 7.32. The van der Waals surface area contributed by atoms with Crippen molar-refractivity contribution in [2.75, 3.05) is 18.5 Å². The number of carbonyl (C=O) groups excluding carboxylic acids is 3. The van der Waals surface area contributed by atoms with E-state index in [-0.39, 0.29) is 29.8 Å². The zero-order valence-corrected chi connectivity index (χ0v) is 21.7. The normalized spacial score (nSPS) is 30.4. The summed E-state index contributed by atoms with van der Waals surface area (Å²) in [4.78, 5) is 42.1. The molecule has 10 heteroatoms. The van der Waals surface area contributed by atoms with Gasteiger partial charge in [-0.3, -0.25) is 14.4 Å². The SMILES string of the molecule is O=C(Nc1ccc(Cl)cc1)C1N(CCCO)C(=O)[C@@H]2[C@H](C(=O)NCc3ccccc3)[C@H]3OC12CC3Br. The minimum absolute atomic E-state index is 0.126. The number of aliphatic hydroxyl groups excluding tert-OH is 1. The number of anilines is 1. The Morgan fingerprint density at radius 2 is 1.86 bits per heavy atom. The molecule has 2 aromatic carbocycles. The van der Waals surface area contributed by atoms with Crippen LogP contribution in [0.5, 0.6) is 0 Å². The smallest absolute Gasteiger partial charge is 0.250 e. The van der Waals surface area contributed by atoms with Crippen molar-refractivity contribution >= 4 is 50.9 Å². The van der Waals surface area contributed by atoms with E-state index in [2.05, 4.69) is 26.6 Å². The van der Waals surface area contributed by atoms with Crippen LogP contribution in [0.25, 0.3) is 0 Å². The van der Waals surface area contributed by atoms with Gasteiger partial charge < -0.3 is 25.4 Å². The molecule has 1 spiro atoms. The van der Waals surface area contributed by atoms with E-state index in [1.807, 2.05) is 30.3 Å². The van der Waals surface area contributed by atoms with Gasteiger partial charge in [0, 0.05) is 35.2 Å². The fourth-order valence-electron chi connectivity index (χ4n) is 5.86. The summed E-state index contributed by atoms with van der Waals surface area (Å²) in [7, 11) is 0. The van der Waals surface area contributed by atoms with Crippen molar-refractivity contribution in [3.8, 4) is 0 Å². The Morgan fingerprint density at radius 3 is 2.56 bits per heavy atom. The number of nitrogens with zero attached hydrogens (tertiary/aromatic N) is 1. The van der Waals surface area contributed by atoms with E-state index < -0.39 is 35.5 Å². The van der Waals surface area contributed by atoms with Gasteiger partial charge in [-0.1, -0.05) is 57.9 Å². The monoisotopic (exact) mass is 575 g/mol. The minimum atomic E-state index is -1.14. The van der Waals surface area contributed by atoms with E-state index in [0.717, 1.165) is 5.56 Å². The fourth-order valence-corrected chi connectivity index (χ4v) is 6.93. The lowest BCUT2D eigenvalue weighted by atomic mass is 9.70. The number of aliphatic hydroxyl groups is 1. The number of likely N-dealkylation sites (tertiary alicyclic amines) is 1. The molecule has 5 rings (SSSR count). The van der Waals surface area contributed by atoms with Gasteiger partial charge in [0.2, 0.25) is 17.7 Å². The van der Waals surface area contributed by atoms with E-state index in [0.29, 0.717) is 30.1 Å². The average Bonchev–Trinajstić information content (AvgIpc) is 3.46. The quantitative estimate of drug-likeness (QED) is 0.419. The third kappa shape index (κ3) is 4.32. The molecule has 36 heavy (non-hydrogen) atoms. The molecule has 0 radical (unpaired) electrons. The highest BCUT2D eigenvalue weighted by atomic mass is 79.9. The van der Waals surface area contributed by atoms with E-state index in [1.165, 1.54) is 4.90 Å². The predicted octanol–water partition coefficient (Wildman–Crippen LogP) is 2.73. The second-order valence-corrected chi connectivity index (χ2v) is 11.1. The highest BCUT2D eigenvalue weighted by Crippen LogP contribution is 2.60. The molecule has 2 bridgehead atoms. The number of hydrogen-bond donors (Lipinski definition) is 3. The van der Waals surface area contributed by atoms with Gasteiger partial charge in [0.05, 0.1) is 17.9 Å². The summed E-state index contributed by atoms with van der Waals surface area (Å²) < 4.78 is 6.44. The standard InChI is InChI=1S/C26H27BrClN3O5/c27-18-13-26-20(19(21(18)36-26)23(33)29-14-15-5-2-1-3-6-15)25(35)31(11-4-12-32)22(26)24(34)30-17-9-7-16(28)8-10-17/h1-3,5-10,18-22,32H,4,11-14H2,(H,29,33)(H,30,34)/t18?,19-,20-,21-,22?,26?/m0/s1. The van der Waals surface area contributed by atoms with Gasteiger partial charge in [0.25, 0.3) is 0 Å². The summed E-state index contributed by atoms with van der Waals surface area (Å²) in [5, 5.41) is 15.8. The fraction of sp³-hybridized carbons (Fsp3) is 0.423. The Morgan fingerprint density at radius 1 is 1.14 bits per heavy atom. The van der Waals surface area contributed by atoms with Gasteiger partial charge in [0.15, 0.2) is 0 Å². The zero-order valence-electron chi connectivity index (χ0n) is 19.4. The zero-order chi connectivity index (χ0) is 25.4. The van der Waals surface area contributed by atoms with Crippen LogP contribution in [0.3, 0.4) is 0 Å². The van der Waals surface area contributed by atoms with Gasteiger partial charge in [-0.15, -0.1) is 0 Å². The molecule has 3 N–H and O–H groups in total. The van der Waals surface area contributed by atoms with Crippen molar-refractivity contribution in [3.05, 3.63) is 65.2 Å². The van der Waals surface area contributed by atoms with Crippen LogP contribution in [-0.4, -0.2) is 63.5 Å². The van der Waals surface area contributed by atoms with E-state index in [4.69, 9.17) is 16.3 Å². The van der Waals surface area contributed by atoms with Crippen LogP contribution in [0.1, 0.15) is 18.4 Å². The molecule has 3 aliphatic heterocycles. The molecule has 0 aliphatic carbocycles. The van der Waals surface area contributed by atoms with Crippen molar-refractivity contribution in [2.45, 2.75) is 42.0 Å². The summed E-state index contributed by atoms with van der Waals surface area (Å²) in [5.74, 6) is -2.47. The molecule has 190 valence electrons. The first kappa shape index (κ1) is 25.2. The van der Waals surface area contributed by atoms with Crippen LogP contribution in [-0.2, 0) is 25.7 Å². The highest BCUT2D eigenvalue weighted by molar-refractivity contribution is 9.09. The molecule has 3 heterocycles. The molecule has 8 nitrogen and oxygen atoms in total. The summed E-state index contributed by atoms with van der Waals surface area (Å²) in [5.41, 5.74) is 0.345. The minimum Gasteiger partial charge on any atom is -0.396 e. The molecule has 6 atom stereocenters. The molecular formula is C26H27BrClN3O5. The lowest BCUT2D eigenvalue weighted by Gasteiger charge is -2.34.